The molecule has 0 bridgehead atoms. The fraction of sp³-hybridized carbons (Fsp3) is 0.895. The molecular weight excluding hydrogens is 316 g/mol. The van der Waals surface area contributed by atoms with Crippen molar-refractivity contribution in [2.75, 3.05) is 6.54 Å². The molecular formula is C19H38N4O2. The first-order valence-corrected chi connectivity index (χ1v) is 9.64. The molecule has 0 aromatic carbocycles. The summed E-state index contributed by atoms with van der Waals surface area (Å²) in [5.41, 5.74) is 5.14. The summed E-state index contributed by atoms with van der Waals surface area (Å²) in [6.07, 6.45) is 6.11. The van der Waals surface area contributed by atoms with Crippen molar-refractivity contribution >= 4 is 11.8 Å². The molecule has 0 radical (unpaired) electrons. The molecule has 1 aliphatic heterocycles. The van der Waals surface area contributed by atoms with Gasteiger partial charge in [0.1, 0.15) is 0 Å². The van der Waals surface area contributed by atoms with E-state index in [1.54, 1.807) is 0 Å². The molecule has 0 unspecified atom stereocenters. The first kappa shape index (κ1) is 21.9. The second-order valence-corrected chi connectivity index (χ2v) is 8.67. The number of unbranched alkanes of at least 4 members (excludes halogenated alkanes) is 2. The van der Waals surface area contributed by atoms with E-state index in [9.17, 15) is 9.59 Å². The molecule has 1 heterocycles. The SMILES string of the molecule is CCCCN1C(C)(C)CC(N(N)C(=O)CCCCC(N)=O)CC1(C)C. The van der Waals surface area contributed by atoms with Crippen LogP contribution >= 0.6 is 0 Å². The minimum Gasteiger partial charge on any atom is -0.370 e. The van der Waals surface area contributed by atoms with Crippen molar-refractivity contribution in [3.63, 3.8) is 0 Å². The average molecular weight is 355 g/mol. The molecule has 0 aliphatic carbocycles. The number of carbonyl (C=O) groups is 2. The van der Waals surface area contributed by atoms with Gasteiger partial charge in [0.2, 0.25) is 11.8 Å². The summed E-state index contributed by atoms with van der Waals surface area (Å²) in [5, 5.41) is 1.45. The Labute approximate surface area is 153 Å². The summed E-state index contributed by atoms with van der Waals surface area (Å²) in [6, 6.07) is 0.0477. The highest BCUT2D eigenvalue weighted by atomic mass is 16.2. The van der Waals surface area contributed by atoms with Crippen LogP contribution in [0.2, 0.25) is 0 Å². The first-order valence-electron chi connectivity index (χ1n) is 9.64. The van der Waals surface area contributed by atoms with Crippen LogP contribution in [0.25, 0.3) is 0 Å². The maximum absolute atomic E-state index is 12.4. The molecule has 0 spiro atoms. The smallest absolute Gasteiger partial charge is 0.236 e. The Kier molecular flexibility index (Phi) is 7.88. The fourth-order valence-corrected chi connectivity index (χ4v) is 4.29. The number of piperidine rings is 1. The van der Waals surface area contributed by atoms with Gasteiger partial charge in [-0.2, -0.15) is 0 Å². The number of hydrazine groups is 1. The summed E-state index contributed by atoms with van der Waals surface area (Å²) >= 11 is 0. The molecule has 0 aromatic heterocycles. The Balaban J connectivity index is 2.67. The summed E-state index contributed by atoms with van der Waals surface area (Å²) in [6.45, 7) is 12.3. The Hall–Kier alpha value is -1.14. The van der Waals surface area contributed by atoms with Crippen molar-refractivity contribution in [2.45, 2.75) is 103 Å². The third kappa shape index (κ3) is 6.26. The number of rotatable bonds is 9. The van der Waals surface area contributed by atoms with Crippen LogP contribution in [-0.4, -0.2) is 45.4 Å². The molecule has 1 rings (SSSR count). The number of hydrogen-bond acceptors (Lipinski definition) is 4. The van der Waals surface area contributed by atoms with Crippen LogP contribution < -0.4 is 11.6 Å². The van der Waals surface area contributed by atoms with Crippen molar-refractivity contribution in [2.24, 2.45) is 11.6 Å². The minimum atomic E-state index is -0.319. The molecule has 4 N–H and O–H groups in total. The summed E-state index contributed by atoms with van der Waals surface area (Å²) < 4.78 is 0. The predicted molar refractivity (Wildman–Crippen MR) is 101 cm³/mol. The lowest BCUT2D eigenvalue weighted by molar-refractivity contribution is -0.139. The van der Waals surface area contributed by atoms with E-state index in [-0.39, 0.29) is 28.9 Å². The van der Waals surface area contributed by atoms with Crippen LogP contribution in [-0.2, 0) is 9.59 Å². The maximum Gasteiger partial charge on any atom is 0.236 e. The number of amides is 2. The molecule has 1 fully saturated rings. The number of nitrogens with two attached hydrogens (primary N) is 2. The molecule has 1 aliphatic rings. The molecule has 25 heavy (non-hydrogen) atoms. The van der Waals surface area contributed by atoms with Crippen LogP contribution in [0.15, 0.2) is 0 Å². The Bertz CT molecular complexity index is 444. The van der Waals surface area contributed by atoms with E-state index in [4.69, 9.17) is 11.6 Å². The molecule has 0 atom stereocenters. The van der Waals surface area contributed by atoms with Gasteiger partial charge in [-0.3, -0.25) is 19.5 Å². The van der Waals surface area contributed by atoms with Gasteiger partial charge in [0, 0.05) is 23.9 Å². The van der Waals surface area contributed by atoms with Crippen LogP contribution in [0.1, 0.15) is 86.0 Å². The van der Waals surface area contributed by atoms with Gasteiger partial charge in [-0.25, -0.2) is 5.84 Å². The van der Waals surface area contributed by atoms with E-state index in [2.05, 4.69) is 39.5 Å². The molecule has 1 saturated heterocycles. The van der Waals surface area contributed by atoms with Crippen molar-refractivity contribution < 1.29 is 9.59 Å². The maximum atomic E-state index is 12.4. The van der Waals surface area contributed by atoms with E-state index in [0.717, 1.165) is 19.4 Å². The van der Waals surface area contributed by atoms with Crippen LogP contribution in [0.3, 0.4) is 0 Å². The Morgan fingerprint density at radius 2 is 1.56 bits per heavy atom. The highest BCUT2D eigenvalue weighted by molar-refractivity contribution is 5.76. The molecule has 6 nitrogen and oxygen atoms in total. The second kappa shape index (κ2) is 8.99. The third-order valence-electron chi connectivity index (χ3n) is 5.41. The normalized spacial score (nSPS) is 20.4. The van der Waals surface area contributed by atoms with Crippen LogP contribution in [0.5, 0.6) is 0 Å². The van der Waals surface area contributed by atoms with Gasteiger partial charge in [0.05, 0.1) is 6.04 Å². The number of primary amides is 1. The number of hydrogen-bond donors (Lipinski definition) is 2. The minimum absolute atomic E-state index is 0.00541. The van der Waals surface area contributed by atoms with Crippen molar-refractivity contribution in [1.29, 1.82) is 0 Å². The standard InChI is InChI=1S/C19H38N4O2/c1-6-7-12-22-18(2,3)13-15(14-19(22,4)5)23(21)17(25)11-9-8-10-16(20)24/h15H,6-14,21H2,1-5H3,(H2,20,24). The predicted octanol–water partition coefficient (Wildman–Crippen LogP) is 2.56. The number of carbonyl (C=O) groups excluding carboxylic acids is 2. The van der Waals surface area contributed by atoms with Gasteiger partial charge in [-0.1, -0.05) is 13.3 Å². The van der Waals surface area contributed by atoms with Crippen molar-refractivity contribution in [1.82, 2.24) is 9.91 Å². The third-order valence-corrected chi connectivity index (χ3v) is 5.41. The van der Waals surface area contributed by atoms with E-state index >= 15 is 0 Å². The fourth-order valence-electron chi connectivity index (χ4n) is 4.29. The van der Waals surface area contributed by atoms with E-state index in [0.29, 0.717) is 25.7 Å². The Morgan fingerprint density at radius 3 is 2.04 bits per heavy atom. The van der Waals surface area contributed by atoms with E-state index in [1.165, 1.54) is 17.9 Å². The molecule has 146 valence electrons. The lowest BCUT2D eigenvalue weighted by atomic mass is 9.76. The highest BCUT2D eigenvalue weighted by Gasteiger charge is 2.46. The molecule has 0 saturated carbocycles. The van der Waals surface area contributed by atoms with Gasteiger partial charge in [-0.15, -0.1) is 0 Å². The number of nitrogens with zero attached hydrogens (tertiary/aromatic N) is 2. The van der Waals surface area contributed by atoms with Gasteiger partial charge in [0.15, 0.2) is 0 Å². The summed E-state index contributed by atoms with van der Waals surface area (Å²) in [7, 11) is 0. The van der Waals surface area contributed by atoms with Crippen LogP contribution in [0, 0.1) is 0 Å². The summed E-state index contributed by atoms with van der Waals surface area (Å²) in [5.74, 6) is 5.84. The van der Waals surface area contributed by atoms with Gasteiger partial charge < -0.3 is 5.73 Å². The zero-order valence-corrected chi connectivity index (χ0v) is 16.8. The molecule has 0 aromatic rings. The molecule has 2 amide bonds. The van der Waals surface area contributed by atoms with Gasteiger partial charge in [-0.05, 0) is 66.3 Å². The largest absolute Gasteiger partial charge is 0.370 e. The Morgan fingerprint density at radius 1 is 1.04 bits per heavy atom. The average Bonchev–Trinajstić information content (AvgIpc) is 2.48. The van der Waals surface area contributed by atoms with Gasteiger partial charge >= 0.3 is 0 Å². The molecule has 6 heteroatoms. The van der Waals surface area contributed by atoms with E-state index < -0.39 is 0 Å². The topological polar surface area (TPSA) is 92.7 Å². The van der Waals surface area contributed by atoms with Gasteiger partial charge in [0.25, 0.3) is 0 Å². The first-order chi connectivity index (χ1) is 11.5. The second-order valence-electron chi connectivity index (χ2n) is 8.67. The lowest BCUT2D eigenvalue weighted by Crippen LogP contribution is -2.65. The quantitative estimate of drug-likeness (QED) is 0.288. The van der Waals surface area contributed by atoms with Crippen LogP contribution in [0.4, 0.5) is 0 Å². The monoisotopic (exact) mass is 354 g/mol. The lowest BCUT2D eigenvalue weighted by Gasteiger charge is -2.56. The number of likely N-dealkylation sites (tertiary alicyclic amines) is 1. The zero-order valence-electron chi connectivity index (χ0n) is 16.8. The summed E-state index contributed by atoms with van der Waals surface area (Å²) in [4.78, 5) is 25.8. The zero-order chi connectivity index (χ0) is 19.3. The van der Waals surface area contributed by atoms with E-state index in [1.807, 2.05) is 0 Å². The van der Waals surface area contributed by atoms with Crippen molar-refractivity contribution in [3.8, 4) is 0 Å². The highest BCUT2D eigenvalue weighted by Crippen LogP contribution is 2.40. The van der Waals surface area contributed by atoms with Crippen molar-refractivity contribution in [3.05, 3.63) is 0 Å².